The van der Waals surface area contributed by atoms with Crippen LogP contribution in [0, 0.1) is 11.7 Å². The fourth-order valence-electron chi connectivity index (χ4n) is 5.36. The minimum absolute atomic E-state index is 0.0205. The van der Waals surface area contributed by atoms with E-state index in [0.29, 0.717) is 58.3 Å². The van der Waals surface area contributed by atoms with Gasteiger partial charge in [-0.25, -0.2) is 9.18 Å². The lowest BCUT2D eigenvalue weighted by Crippen LogP contribution is -2.58. The summed E-state index contributed by atoms with van der Waals surface area (Å²) in [4.78, 5) is 16.7. The number of carbonyl (C=O) groups excluding carboxylic acids is 1. The van der Waals surface area contributed by atoms with Crippen molar-refractivity contribution in [2.24, 2.45) is 5.92 Å². The number of ether oxygens (including phenoxy) is 2. The summed E-state index contributed by atoms with van der Waals surface area (Å²) in [6.45, 7) is 3.53. The van der Waals surface area contributed by atoms with Crippen molar-refractivity contribution in [2.45, 2.75) is 50.2 Å². The number of benzene rings is 1. The Kier molecular flexibility index (Phi) is 9.21. The van der Waals surface area contributed by atoms with Gasteiger partial charge in [-0.3, -0.25) is 0 Å². The molecule has 2 saturated heterocycles. The number of nitrogens with zero attached hydrogens (tertiary/aromatic N) is 3. The average molecular weight is 527 g/mol. The van der Waals surface area contributed by atoms with Crippen LogP contribution in [0.3, 0.4) is 0 Å². The topological polar surface area (TPSA) is 91.4 Å². The van der Waals surface area contributed by atoms with E-state index in [1.165, 1.54) is 24.5 Å². The van der Waals surface area contributed by atoms with Crippen LogP contribution < -0.4 is 4.72 Å². The third-order valence-electron chi connectivity index (χ3n) is 7.61. The average Bonchev–Trinajstić information content (AvgIpc) is 2.88. The van der Waals surface area contributed by atoms with Gasteiger partial charge in [0, 0.05) is 52.2 Å². The molecule has 2 amide bonds. The van der Waals surface area contributed by atoms with E-state index in [4.69, 9.17) is 9.47 Å². The lowest BCUT2D eigenvalue weighted by molar-refractivity contribution is -0.0165. The number of carbonyl (C=O) groups is 1. The smallest absolute Gasteiger partial charge is 0.320 e. The summed E-state index contributed by atoms with van der Waals surface area (Å²) >= 11 is 0. The summed E-state index contributed by atoms with van der Waals surface area (Å²) in [6, 6.07) is 6.50. The molecule has 1 aromatic carbocycles. The molecule has 3 fully saturated rings. The van der Waals surface area contributed by atoms with Crippen LogP contribution in [0.1, 0.15) is 43.6 Å². The minimum atomic E-state index is -3.61. The molecule has 1 unspecified atom stereocenters. The molecule has 2 heterocycles. The molecule has 0 bridgehead atoms. The van der Waals surface area contributed by atoms with Crippen LogP contribution in [-0.4, -0.2) is 101 Å². The molecule has 1 saturated carbocycles. The molecule has 0 spiro atoms. The number of halogens is 1. The number of nitrogens with one attached hydrogen (secondary N) is 1. The first-order valence-electron chi connectivity index (χ1n) is 12.9. The van der Waals surface area contributed by atoms with Crippen molar-refractivity contribution in [2.75, 3.05) is 60.1 Å². The van der Waals surface area contributed by atoms with Crippen LogP contribution in [0.5, 0.6) is 0 Å². The van der Waals surface area contributed by atoms with Gasteiger partial charge < -0.3 is 19.3 Å². The van der Waals surface area contributed by atoms with Crippen molar-refractivity contribution in [3.8, 4) is 0 Å². The van der Waals surface area contributed by atoms with E-state index in [1.54, 1.807) is 17.0 Å². The standard InChI is InChI=1S/C25H39FN4O5S/c1-28(2)36(32,33)27-24-10-11-30(25(31)29-12-14-34-15-13-29)17-21(24)18-35-23-8-6-19(7-9-23)20-4-3-5-22(26)16-20/h3-5,16,19,21,23-24,27H,6-15,17-18H2,1-2H3/t19?,21?,23?,24-/m0/s1. The van der Waals surface area contributed by atoms with E-state index in [9.17, 15) is 17.6 Å². The Morgan fingerprint density at radius 3 is 2.50 bits per heavy atom. The van der Waals surface area contributed by atoms with Crippen LogP contribution in [0.4, 0.5) is 9.18 Å². The lowest BCUT2D eigenvalue weighted by Gasteiger charge is -2.42. The van der Waals surface area contributed by atoms with E-state index in [0.717, 1.165) is 31.2 Å². The van der Waals surface area contributed by atoms with Crippen molar-refractivity contribution in [1.29, 1.82) is 0 Å². The van der Waals surface area contributed by atoms with Gasteiger partial charge in [-0.05, 0) is 55.7 Å². The number of morpholine rings is 1. The highest BCUT2D eigenvalue weighted by molar-refractivity contribution is 7.87. The van der Waals surface area contributed by atoms with Crippen molar-refractivity contribution in [1.82, 2.24) is 18.8 Å². The number of hydrogen-bond acceptors (Lipinski definition) is 5. The predicted molar refractivity (Wildman–Crippen MR) is 134 cm³/mol. The minimum Gasteiger partial charge on any atom is -0.378 e. The molecule has 3 aliphatic rings. The maximum absolute atomic E-state index is 13.6. The first kappa shape index (κ1) is 27.3. The first-order valence-corrected chi connectivity index (χ1v) is 14.4. The number of urea groups is 1. The zero-order valence-corrected chi connectivity index (χ0v) is 22.1. The molecule has 0 radical (unpaired) electrons. The number of rotatable bonds is 7. The molecule has 202 valence electrons. The van der Waals surface area contributed by atoms with E-state index < -0.39 is 10.2 Å². The Labute approximate surface area is 214 Å². The van der Waals surface area contributed by atoms with Crippen molar-refractivity contribution in [3.63, 3.8) is 0 Å². The van der Waals surface area contributed by atoms with E-state index in [-0.39, 0.29) is 29.9 Å². The molecule has 2 atom stereocenters. The second kappa shape index (κ2) is 12.2. The van der Waals surface area contributed by atoms with Gasteiger partial charge in [0.25, 0.3) is 10.2 Å². The van der Waals surface area contributed by atoms with Crippen LogP contribution in [-0.2, 0) is 19.7 Å². The second-order valence-corrected chi connectivity index (χ2v) is 12.2. The van der Waals surface area contributed by atoms with Gasteiger partial charge in [0.15, 0.2) is 0 Å². The summed E-state index contributed by atoms with van der Waals surface area (Å²) in [5, 5.41) is 0. The number of hydrogen-bond donors (Lipinski definition) is 1. The summed E-state index contributed by atoms with van der Waals surface area (Å²) in [6.07, 6.45) is 4.21. The quantitative estimate of drug-likeness (QED) is 0.589. The monoisotopic (exact) mass is 526 g/mol. The van der Waals surface area contributed by atoms with Crippen LogP contribution >= 0.6 is 0 Å². The Hall–Kier alpha value is -1.79. The van der Waals surface area contributed by atoms with Crippen molar-refractivity contribution < 1.29 is 27.1 Å². The fraction of sp³-hybridized carbons (Fsp3) is 0.720. The highest BCUT2D eigenvalue weighted by atomic mass is 32.2. The van der Waals surface area contributed by atoms with Gasteiger partial charge in [0.2, 0.25) is 0 Å². The fourth-order valence-corrected chi connectivity index (χ4v) is 6.27. The Morgan fingerprint density at radius 2 is 1.83 bits per heavy atom. The Bertz CT molecular complexity index is 980. The van der Waals surface area contributed by atoms with E-state index in [2.05, 4.69) is 4.72 Å². The van der Waals surface area contributed by atoms with Gasteiger partial charge in [0.1, 0.15) is 5.82 Å². The Balaban J connectivity index is 1.35. The molecule has 9 nitrogen and oxygen atoms in total. The van der Waals surface area contributed by atoms with E-state index in [1.807, 2.05) is 11.0 Å². The molecule has 36 heavy (non-hydrogen) atoms. The van der Waals surface area contributed by atoms with Gasteiger partial charge in [-0.2, -0.15) is 17.4 Å². The summed E-state index contributed by atoms with van der Waals surface area (Å²) in [7, 11) is -0.603. The maximum atomic E-state index is 13.6. The molecule has 1 aromatic rings. The van der Waals surface area contributed by atoms with Gasteiger partial charge >= 0.3 is 6.03 Å². The van der Waals surface area contributed by atoms with Crippen molar-refractivity contribution in [3.05, 3.63) is 35.6 Å². The maximum Gasteiger partial charge on any atom is 0.320 e. The molecule has 1 N–H and O–H groups in total. The number of piperidine rings is 1. The zero-order valence-electron chi connectivity index (χ0n) is 21.3. The molecule has 0 aromatic heterocycles. The summed E-state index contributed by atoms with van der Waals surface area (Å²) < 4.78 is 54.4. The van der Waals surface area contributed by atoms with Crippen LogP contribution in [0.15, 0.2) is 24.3 Å². The normalized spacial score (nSPS) is 27.9. The van der Waals surface area contributed by atoms with E-state index >= 15 is 0 Å². The molecule has 11 heteroatoms. The highest BCUT2D eigenvalue weighted by Gasteiger charge is 2.37. The molecular weight excluding hydrogens is 487 g/mol. The van der Waals surface area contributed by atoms with Crippen molar-refractivity contribution >= 4 is 16.2 Å². The van der Waals surface area contributed by atoms with Gasteiger partial charge in [-0.15, -0.1) is 0 Å². The number of likely N-dealkylation sites (tertiary alicyclic amines) is 1. The molecule has 4 rings (SSSR count). The van der Waals surface area contributed by atoms with Crippen LogP contribution in [0.2, 0.25) is 0 Å². The second-order valence-electron chi connectivity index (χ2n) is 10.3. The van der Waals surface area contributed by atoms with Crippen LogP contribution in [0.25, 0.3) is 0 Å². The van der Waals surface area contributed by atoms with Gasteiger partial charge in [0.05, 0.1) is 25.9 Å². The first-order chi connectivity index (χ1) is 17.2. The summed E-state index contributed by atoms with van der Waals surface area (Å²) in [5.41, 5.74) is 1.04. The third-order valence-corrected chi connectivity index (χ3v) is 9.17. The zero-order chi connectivity index (χ0) is 25.7. The molecule has 2 aliphatic heterocycles. The third kappa shape index (κ3) is 6.95. The highest BCUT2D eigenvalue weighted by Crippen LogP contribution is 2.34. The molecular formula is C25H39FN4O5S. The van der Waals surface area contributed by atoms with Gasteiger partial charge in [-0.1, -0.05) is 12.1 Å². The number of amides is 2. The lowest BCUT2D eigenvalue weighted by atomic mass is 9.82. The largest absolute Gasteiger partial charge is 0.378 e. The SMILES string of the molecule is CN(C)S(=O)(=O)N[C@H]1CCN(C(=O)N2CCOCC2)CC1COC1CCC(c2cccc(F)c2)CC1. The molecule has 1 aliphatic carbocycles. The summed E-state index contributed by atoms with van der Waals surface area (Å²) in [5.74, 6) is -0.0264. The predicted octanol–water partition coefficient (Wildman–Crippen LogP) is 2.41. The Morgan fingerprint density at radius 1 is 1.11 bits per heavy atom.